The Morgan fingerprint density at radius 2 is 2.18 bits per heavy atom. The normalized spacial score (nSPS) is 26.5. The van der Waals surface area contributed by atoms with E-state index in [2.05, 4.69) is 15.6 Å². The molecule has 0 amide bonds. The van der Waals surface area contributed by atoms with Gasteiger partial charge < -0.3 is 10.6 Å². The molecule has 0 saturated heterocycles. The van der Waals surface area contributed by atoms with Gasteiger partial charge in [0, 0.05) is 10.8 Å². The molecular weight excluding hydrogens is 254 g/mol. The lowest BCUT2D eigenvalue weighted by atomic mass is 9.92. The third kappa shape index (κ3) is 2.58. The minimum absolute atomic E-state index is 0. The van der Waals surface area contributed by atoms with Crippen LogP contribution in [0.4, 0.5) is 5.69 Å². The highest BCUT2D eigenvalue weighted by Crippen LogP contribution is 2.28. The number of hydrogen-bond acceptors (Lipinski definition) is 4. The van der Waals surface area contributed by atoms with E-state index in [1.807, 2.05) is 10.8 Å². The average molecular weight is 272 g/mol. The molecular formula is C12H18ClN3S. The number of rotatable bonds is 1. The summed E-state index contributed by atoms with van der Waals surface area (Å²) in [5.74, 6) is 0.886. The second kappa shape index (κ2) is 5.27. The van der Waals surface area contributed by atoms with Gasteiger partial charge in [-0.3, -0.25) is 0 Å². The van der Waals surface area contributed by atoms with E-state index in [1.54, 1.807) is 11.3 Å². The molecule has 1 aliphatic carbocycles. The maximum atomic E-state index is 6.04. The van der Waals surface area contributed by atoms with E-state index < -0.39 is 0 Å². The van der Waals surface area contributed by atoms with Gasteiger partial charge in [-0.25, -0.2) is 4.99 Å². The van der Waals surface area contributed by atoms with Crippen LogP contribution in [-0.2, 0) is 0 Å². The first kappa shape index (κ1) is 12.7. The number of halogens is 1. The number of guanidine groups is 1. The molecule has 2 atom stereocenters. The molecule has 0 radical (unpaired) electrons. The predicted octanol–water partition coefficient (Wildman–Crippen LogP) is 3.72. The van der Waals surface area contributed by atoms with Crippen molar-refractivity contribution in [2.45, 2.75) is 45.2 Å². The van der Waals surface area contributed by atoms with E-state index in [1.165, 1.54) is 25.7 Å². The lowest BCUT2D eigenvalue weighted by molar-refractivity contribution is 0.384. The fourth-order valence-corrected chi connectivity index (χ4v) is 3.34. The van der Waals surface area contributed by atoms with Crippen molar-refractivity contribution >= 4 is 34.6 Å². The number of thiophene rings is 1. The minimum Gasteiger partial charge on any atom is -0.351 e. The van der Waals surface area contributed by atoms with Crippen LogP contribution in [-0.4, -0.2) is 18.0 Å². The molecule has 1 unspecified atom stereocenters. The predicted molar refractivity (Wildman–Crippen MR) is 76.3 cm³/mol. The highest BCUT2D eigenvalue weighted by atomic mass is 35.5. The topological polar surface area (TPSA) is 36.4 Å². The van der Waals surface area contributed by atoms with Crippen LogP contribution in [0.25, 0.3) is 0 Å². The van der Waals surface area contributed by atoms with Gasteiger partial charge >= 0.3 is 0 Å². The summed E-state index contributed by atoms with van der Waals surface area (Å²) in [5.41, 5.74) is 0.955. The SMILES string of the molecule is C.Clc1cscc1NC1=N[C@@H]2CCCCC2N1. The molecule has 0 bridgehead atoms. The number of hydrogen-bond donors (Lipinski definition) is 2. The smallest absolute Gasteiger partial charge is 0.196 e. The van der Waals surface area contributed by atoms with Crippen molar-refractivity contribution in [3.8, 4) is 0 Å². The first-order valence-corrected chi connectivity index (χ1v) is 6.98. The van der Waals surface area contributed by atoms with E-state index >= 15 is 0 Å². The van der Waals surface area contributed by atoms with Gasteiger partial charge in [-0.15, -0.1) is 11.3 Å². The molecule has 2 heterocycles. The molecule has 0 aromatic carbocycles. The number of aliphatic imine (C=N–C) groups is 1. The molecule has 0 spiro atoms. The molecule has 1 saturated carbocycles. The molecule has 1 aromatic heterocycles. The Kier molecular flexibility index (Phi) is 3.94. The molecule has 17 heavy (non-hydrogen) atoms. The van der Waals surface area contributed by atoms with E-state index in [0.717, 1.165) is 16.7 Å². The Labute approximate surface area is 111 Å². The molecule has 2 N–H and O–H groups in total. The summed E-state index contributed by atoms with van der Waals surface area (Å²) in [7, 11) is 0. The maximum absolute atomic E-state index is 6.04. The average Bonchev–Trinajstić information content (AvgIpc) is 2.85. The van der Waals surface area contributed by atoms with Crippen molar-refractivity contribution < 1.29 is 0 Å². The maximum Gasteiger partial charge on any atom is 0.196 e. The van der Waals surface area contributed by atoms with Crippen molar-refractivity contribution in [2.24, 2.45) is 4.99 Å². The highest BCUT2D eigenvalue weighted by Gasteiger charge is 2.30. The summed E-state index contributed by atoms with van der Waals surface area (Å²) in [6.45, 7) is 0. The summed E-state index contributed by atoms with van der Waals surface area (Å²) in [4.78, 5) is 4.67. The first-order chi connectivity index (χ1) is 7.83. The molecule has 94 valence electrons. The van der Waals surface area contributed by atoms with Crippen molar-refractivity contribution in [3.05, 3.63) is 15.8 Å². The Morgan fingerprint density at radius 1 is 1.35 bits per heavy atom. The zero-order valence-corrected chi connectivity index (χ0v) is 10.4. The first-order valence-electron chi connectivity index (χ1n) is 5.66. The molecule has 3 rings (SSSR count). The Hall–Kier alpha value is -0.740. The highest BCUT2D eigenvalue weighted by molar-refractivity contribution is 7.09. The standard InChI is InChI=1S/C11H14ClN3S.CH4/c12-7-5-16-6-10(7)15-11-13-8-3-1-2-4-9(8)14-11;/h5-6,8-9H,1-4H2,(H2,13,14,15);1H4/t8-,9?;/m1./s1. The summed E-state index contributed by atoms with van der Waals surface area (Å²) >= 11 is 7.63. The Balaban J connectivity index is 0.00000108. The fraction of sp³-hybridized carbons (Fsp3) is 0.583. The largest absolute Gasteiger partial charge is 0.351 e. The third-order valence-corrected chi connectivity index (χ3v) is 4.40. The van der Waals surface area contributed by atoms with E-state index in [0.29, 0.717) is 12.1 Å². The minimum atomic E-state index is 0. The van der Waals surface area contributed by atoms with E-state index in [9.17, 15) is 0 Å². The van der Waals surface area contributed by atoms with Gasteiger partial charge in [0.15, 0.2) is 5.96 Å². The van der Waals surface area contributed by atoms with Crippen LogP contribution in [0.15, 0.2) is 15.8 Å². The van der Waals surface area contributed by atoms with Crippen LogP contribution < -0.4 is 10.6 Å². The van der Waals surface area contributed by atoms with Gasteiger partial charge in [0.05, 0.1) is 22.8 Å². The van der Waals surface area contributed by atoms with Crippen molar-refractivity contribution in [1.82, 2.24) is 5.32 Å². The second-order valence-electron chi connectivity index (χ2n) is 4.34. The molecule has 1 aromatic rings. The van der Waals surface area contributed by atoms with Crippen LogP contribution in [0, 0.1) is 0 Å². The molecule has 3 nitrogen and oxygen atoms in total. The van der Waals surface area contributed by atoms with Gasteiger partial charge in [0.1, 0.15) is 0 Å². The molecule has 1 fully saturated rings. The van der Waals surface area contributed by atoms with Crippen LogP contribution >= 0.6 is 22.9 Å². The van der Waals surface area contributed by atoms with Crippen LogP contribution in [0.1, 0.15) is 33.1 Å². The Morgan fingerprint density at radius 3 is 2.88 bits per heavy atom. The summed E-state index contributed by atoms with van der Waals surface area (Å²) in [6.07, 6.45) is 5.06. The van der Waals surface area contributed by atoms with Crippen molar-refractivity contribution in [1.29, 1.82) is 0 Å². The zero-order valence-electron chi connectivity index (χ0n) is 8.87. The van der Waals surface area contributed by atoms with Crippen molar-refractivity contribution in [2.75, 3.05) is 5.32 Å². The third-order valence-electron chi connectivity index (χ3n) is 3.21. The second-order valence-corrected chi connectivity index (χ2v) is 5.49. The molecule has 1 aliphatic heterocycles. The van der Waals surface area contributed by atoms with E-state index in [-0.39, 0.29) is 7.43 Å². The summed E-state index contributed by atoms with van der Waals surface area (Å²) < 4.78 is 0. The van der Waals surface area contributed by atoms with E-state index in [4.69, 9.17) is 11.6 Å². The number of fused-ring (bicyclic) bond motifs is 1. The van der Waals surface area contributed by atoms with Gasteiger partial charge in [0.2, 0.25) is 0 Å². The van der Waals surface area contributed by atoms with Crippen LogP contribution in [0.2, 0.25) is 5.02 Å². The molecule has 5 heteroatoms. The van der Waals surface area contributed by atoms with Crippen molar-refractivity contribution in [3.63, 3.8) is 0 Å². The fourth-order valence-electron chi connectivity index (χ4n) is 2.38. The number of nitrogens with one attached hydrogen (secondary N) is 2. The quantitative estimate of drug-likeness (QED) is 0.817. The van der Waals surface area contributed by atoms with Crippen LogP contribution in [0.5, 0.6) is 0 Å². The summed E-state index contributed by atoms with van der Waals surface area (Å²) in [6, 6.07) is 1.00. The van der Waals surface area contributed by atoms with Gasteiger partial charge in [-0.1, -0.05) is 31.9 Å². The lowest BCUT2D eigenvalue weighted by Gasteiger charge is -2.23. The monoisotopic (exact) mass is 271 g/mol. The zero-order chi connectivity index (χ0) is 11.0. The summed E-state index contributed by atoms with van der Waals surface area (Å²) in [5, 5.41) is 11.4. The van der Waals surface area contributed by atoms with Gasteiger partial charge in [-0.05, 0) is 12.8 Å². The number of nitrogens with zero attached hydrogens (tertiary/aromatic N) is 1. The number of anilines is 1. The van der Waals surface area contributed by atoms with Crippen LogP contribution in [0.3, 0.4) is 0 Å². The van der Waals surface area contributed by atoms with Gasteiger partial charge in [0.25, 0.3) is 0 Å². The molecule has 2 aliphatic rings. The Bertz CT molecular complexity index is 416. The lowest BCUT2D eigenvalue weighted by Crippen LogP contribution is -2.38. The van der Waals surface area contributed by atoms with Gasteiger partial charge in [-0.2, -0.15) is 0 Å².